The van der Waals surface area contributed by atoms with Gasteiger partial charge in [-0.15, -0.1) is 0 Å². The summed E-state index contributed by atoms with van der Waals surface area (Å²) in [5.41, 5.74) is 0. The first kappa shape index (κ1) is 104. The molecule has 0 aromatic rings. The molecule has 89 heavy (non-hydrogen) atoms. The summed E-state index contributed by atoms with van der Waals surface area (Å²) >= 11 is 0. The molecule has 0 unspecified atom stereocenters. The molecule has 0 amide bonds. The standard InChI is InChI=1S/C7H16N2.2C7H15N.C6H14N2.2C6H13N.2C6H11N.2C5H11N.8C2H6/c1-8-4-3-5-9(2)7-6-8;2*1-8-6-4-2-3-5-7-8;1-7-3-5-8(2)6-4-7;4*1-7-5-3-2-4-6-7;2*1-6-4-2-3-5-6;8*1-2/h3-7H2,1-2H3;2*2-7H2,1H3;3-6H2,1-2H3;2*2-6H2,1H3;2*2-3H,4-6H2,1H3;2*2-5H2,1H3;8*1-2H3. The predicted molar refractivity (Wildman–Crippen MR) is 416 cm³/mol. The zero-order chi connectivity index (χ0) is 69.6. The summed E-state index contributed by atoms with van der Waals surface area (Å²) in [4.78, 5) is 28.5. The molecule has 12 nitrogen and oxygen atoms in total. The first-order chi connectivity index (χ1) is 43.2. The van der Waals surface area contributed by atoms with E-state index in [9.17, 15) is 0 Å². The summed E-state index contributed by atoms with van der Waals surface area (Å²) in [6.07, 6.45) is 38.3. The van der Waals surface area contributed by atoms with E-state index in [0.717, 1.165) is 13.1 Å². The van der Waals surface area contributed by atoms with Gasteiger partial charge in [0.25, 0.3) is 0 Å². The Hall–Kier alpha value is -1.00. The molecular weight excluding hydrogens is 1090 g/mol. The normalized spacial score (nSPS) is 21.1. The van der Waals surface area contributed by atoms with E-state index in [1.54, 1.807) is 0 Å². The average Bonchev–Trinajstić information content (AvgIpc) is 4.19. The molecule has 0 aromatic heterocycles. The Labute approximate surface area is 567 Å². The molecule has 546 valence electrons. The number of piperazine rings is 1. The van der Waals surface area contributed by atoms with Gasteiger partial charge in [0.1, 0.15) is 0 Å². The van der Waals surface area contributed by atoms with Gasteiger partial charge in [-0.25, -0.2) is 0 Å². The summed E-state index contributed by atoms with van der Waals surface area (Å²) in [5, 5.41) is 0. The number of likely N-dealkylation sites (tertiary alicyclic amines) is 6. The van der Waals surface area contributed by atoms with Gasteiger partial charge in [-0.1, -0.05) is 174 Å². The molecule has 8 saturated heterocycles. The molecule has 0 bridgehead atoms. The molecule has 0 atom stereocenters. The lowest BCUT2D eigenvalue weighted by molar-refractivity contribution is 0.181. The zero-order valence-electron chi connectivity index (χ0n) is 67.5. The highest BCUT2D eigenvalue weighted by atomic mass is 15.2. The fourth-order valence-corrected chi connectivity index (χ4v) is 9.91. The van der Waals surface area contributed by atoms with Crippen molar-refractivity contribution < 1.29 is 0 Å². The van der Waals surface area contributed by atoms with Crippen LogP contribution in [-0.2, 0) is 0 Å². The first-order valence-corrected chi connectivity index (χ1v) is 38.8. The third-order valence-electron chi connectivity index (χ3n) is 15.7. The van der Waals surface area contributed by atoms with Gasteiger partial charge in [0.15, 0.2) is 0 Å². The van der Waals surface area contributed by atoms with Gasteiger partial charge in [0.05, 0.1) is 0 Å². The molecule has 10 aliphatic rings. The Bertz CT molecular complexity index is 1090. The van der Waals surface area contributed by atoms with Crippen molar-refractivity contribution in [2.75, 3.05) is 242 Å². The van der Waals surface area contributed by atoms with Crippen molar-refractivity contribution in [1.29, 1.82) is 0 Å². The van der Waals surface area contributed by atoms with Crippen LogP contribution < -0.4 is 0 Å². The first-order valence-electron chi connectivity index (χ1n) is 38.8. The number of rotatable bonds is 0. The third-order valence-corrected chi connectivity index (χ3v) is 15.7. The van der Waals surface area contributed by atoms with Crippen molar-refractivity contribution in [3.05, 3.63) is 24.3 Å². The molecule has 10 rings (SSSR count). The summed E-state index contributed by atoms with van der Waals surface area (Å²) in [6, 6.07) is 0. The van der Waals surface area contributed by atoms with Crippen molar-refractivity contribution in [1.82, 2.24) is 58.8 Å². The molecule has 10 heterocycles. The van der Waals surface area contributed by atoms with Gasteiger partial charge in [0.2, 0.25) is 0 Å². The lowest BCUT2D eigenvalue weighted by Crippen LogP contribution is -2.42. The minimum absolute atomic E-state index is 1.14. The van der Waals surface area contributed by atoms with Crippen LogP contribution in [-0.4, -0.2) is 300 Å². The molecule has 0 aromatic carbocycles. The quantitative estimate of drug-likeness (QED) is 0.217. The molecule has 8 fully saturated rings. The Morgan fingerprint density at radius 3 is 0.404 bits per heavy atom. The predicted octanol–water partition coefficient (Wildman–Crippen LogP) is 16.7. The maximum Gasteiger partial charge on any atom is 0.0160 e. The molecule has 0 radical (unpaired) electrons. The summed E-state index contributed by atoms with van der Waals surface area (Å²) < 4.78 is 0. The summed E-state index contributed by atoms with van der Waals surface area (Å²) in [7, 11) is 26.2. The number of piperidine rings is 2. The average molecular weight is 1270 g/mol. The highest BCUT2D eigenvalue weighted by Crippen LogP contribution is 2.09. The molecule has 0 spiro atoms. The molecule has 0 aliphatic carbocycles. The Kier molecular flexibility index (Phi) is 107. The van der Waals surface area contributed by atoms with Gasteiger partial charge < -0.3 is 58.8 Å². The van der Waals surface area contributed by atoms with Crippen LogP contribution in [0.15, 0.2) is 24.3 Å². The number of hydrogen-bond donors (Lipinski definition) is 0. The topological polar surface area (TPSA) is 38.9 Å². The van der Waals surface area contributed by atoms with E-state index in [1.807, 2.05) is 111 Å². The molecule has 12 heteroatoms. The van der Waals surface area contributed by atoms with Gasteiger partial charge in [-0.3, -0.25) is 0 Å². The van der Waals surface area contributed by atoms with Crippen LogP contribution in [0.25, 0.3) is 0 Å². The monoisotopic (exact) mass is 1270 g/mol. The summed E-state index contributed by atoms with van der Waals surface area (Å²) in [6.45, 7) is 62.5. The van der Waals surface area contributed by atoms with E-state index in [4.69, 9.17) is 0 Å². The maximum atomic E-state index is 2.42. The van der Waals surface area contributed by atoms with Gasteiger partial charge >= 0.3 is 0 Å². The fraction of sp³-hybridized carbons (Fsp3) is 0.948. The number of hydrogen-bond acceptors (Lipinski definition) is 12. The highest BCUT2D eigenvalue weighted by Gasteiger charge is 2.10. The Balaban J connectivity index is -0.000000133. The van der Waals surface area contributed by atoms with Crippen molar-refractivity contribution >= 4 is 0 Å². The van der Waals surface area contributed by atoms with E-state index < -0.39 is 0 Å². The number of likely N-dealkylation sites (N-methyl/N-ethyl adjacent to an activating group) is 6. The van der Waals surface area contributed by atoms with Gasteiger partial charge in [-0.05, 0) is 273 Å². The summed E-state index contributed by atoms with van der Waals surface area (Å²) in [5.74, 6) is 0. The van der Waals surface area contributed by atoms with E-state index >= 15 is 0 Å². The minimum Gasteiger partial charge on any atom is -0.306 e. The lowest BCUT2D eigenvalue weighted by atomic mass is 10.1. The largest absolute Gasteiger partial charge is 0.306 e. The van der Waals surface area contributed by atoms with Crippen LogP contribution in [0.2, 0.25) is 0 Å². The van der Waals surface area contributed by atoms with E-state index in [-0.39, 0.29) is 0 Å². The van der Waals surface area contributed by atoms with Gasteiger partial charge in [0, 0.05) is 65.4 Å². The number of nitrogens with zero attached hydrogens (tertiary/aromatic N) is 12. The Morgan fingerprint density at radius 1 is 0.135 bits per heavy atom. The van der Waals surface area contributed by atoms with Crippen LogP contribution in [0.5, 0.6) is 0 Å². The zero-order valence-corrected chi connectivity index (χ0v) is 67.5. The lowest BCUT2D eigenvalue weighted by Gasteiger charge is -2.28. The molecule has 0 saturated carbocycles. The van der Waals surface area contributed by atoms with Crippen LogP contribution in [0.3, 0.4) is 0 Å². The van der Waals surface area contributed by atoms with Crippen molar-refractivity contribution in [3.63, 3.8) is 0 Å². The van der Waals surface area contributed by atoms with Gasteiger partial charge in [-0.2, -0.15) is 0 Å². The molecule has 10 aliphatic heterocycles. The van der Waals surface area contributed by atoms with Crippen molar-refractivity contribution in [3.8, 4) is 0 Å². The Morgan fingerprint density at radius 2 is 0.270 bits per heavy atom. The smallest absolute Gasteiger partial charge is 0.0160 e. The molecular formula is C77H178N12. The van der Waals surface area contributed by atoms with E-state index in [0.29, 0.717) is 0 Å². The highest BCUT2D eigenvalue weighted by molar-refractivity contribution is 4.90. The third kappa shape index (κ3) is 89.1. The van der Waals surface area contributed by atoms with E-state index in [2.05, 4.69) is 168 Å². The maximum absolute atomic E-state index is 2.42. The van der Waals surface area contributed by atoms with Crippen LogP contribution in [0.4, 0.5) is 0 Å². The second-order valence-corrected chi connectivity index (χ2v) is 23.8. The fourth-order valence-electron chi connectivity index (χ4n) is 9.91. The SMILES string of the molecule is CC.CC.CC.CC.CC.CC.CC.CC.CN1CC=CCC1.CN1CC=CCC1.CN1CCCC1.CN1CCCC1.CN1CCCCC1.CN1CCCCC1.CN1CCCCCC1.CN1CCCCCC1.CN1CCCN(C)CC1.CN1CCN(C)CC1. The molecule has 0 N–H and O–H groups in total. The second-order valence-electron chi connectivity index (χ2n) is 23.8. The van der Waals surface area contributed by atoms with Crippen LogP contribution in [0, 0.1) is 0 Å². The van der Waals surface area contributed by atoms with E-state index in [1.165, 1.54) is 279 Å². The van der Waals surface area contributed by atoms with Crippen molar-refractivity contribution in [2.24, 2.45) is 0 Å². The van der Waals surface area contributed by atoms with Crippen LogP contribution in [0.1, 0.15) is 246 Å². The minimum atomic E-state index is 1.14. The van der Waals surface area contributed by atoms with Crippen molar-refractivity contribution in [2.45, 2.75) is 246 Å². The van der Waals surface area contributed by atoms with Crippen LogP contribution >= 0.6 is 0 Å². The second kappa shape index (κ2) is 91.2.